The molecule has 6 heteroatoms. The van der Waals surface area contributed by atoms with Gasteiger partial charge in [0.05, 0.1) is 13.1 Å². The summed E-state index contributed by atoms with van der Waals surface area (Å²) in [5, 5.41) is 4.61. The van der Waals surface area contributed by atoms with Gasteiger partial charge < -0.3 is 16.0 Å². The molecule has 0 aliphatic rings. The van der Waals surface area contributed by atoms with Crippen molar-refractivity contribution in [2.75, 3.05) is 6.54 Å². The van der Waals surface area contributed by atoms with E-state index in [-0.39, 0.29) is 5.56 Å². The molecule has 2 aromatic heterocycles. The molecule has 0 radical (unpaired) electrons. The maximum Gasteiger partial charge on any atom is 0.260 e. The summed E-state index contributed by atoms with van der Waals surface area (Å²) in [5.74, 6) is 5.29. The van der Waals surface area contributed by atoms with E-state index in [1.807, 2.05) is 11.4 Å². The predicted molar refractivity (Wildman–Crippen MR) is 78.5 cm³/mol. The molecule has 5 nitrogen and oxygen atoms in total. The van der Waals surface area contributed by atoms with Gasteiger partial charge in [-0.2, -0.15) is 0 Å². The minimum Gasteiger partial charge on any atom is -0.347 e. The monoisotopic (exact) mass is 287 g/mol. The largest absolute Gasteiger partial charge is 0.347 e. The number of hydrogen-bond donors (Lipinski definition) is 3. The Kier molecular flexibility index (Phi) is 4.71. The molecule has 1 amide bonds. The summed E-state index contributed by atoms with van der Waals surface area (Å²) in [6, 6.07) is 4.99. The van der Waals surface area contributed by atoms with Crippen molar-refractivity contribution in [2.45, 2.75) is 6.54 Å². The Morgan fingerprint density at radius 3 is 3.10 bits per heavy atom. The van der Waals surface area contributed by atoms with Crippen LogP contribution in [0, 0.1) is 11.8 Å². The Morgan fingerprint density at radius 1 is 1.50 bits per heavy atom. The van der Waals surface area contributed by atoms with E-state index >= 15 is 0 Å². The Morgan fingerprint density at radius 2 is 2.35 bits per heavy atom. The first-order chi connectivity index (χ1) is 9.70. The van der Waals surface area contributed by atoms with Gasteiger partial charge in [-0.05, 0) is 18.2 Å². The third-order valence-corrected chi connectivity index (χ3v) is 3.41. The van der Waals surface area contributed by atoms with Gasteiger partial charge >= 0.3 is 0 Å². The lowest BCUT2D eigenvalue weighted by Gasteiger charge is -2.02. The van der Waals surface area contributed by atoms with Crippen LogP contribution in [-0.2, 0) is 6.54 Å². The molecule has 0 atom stereocenters. The highest BCUT2D eigenvalue weighted by Gasteiger charge is 2.09. The molecule has 20 heavy (non-hydrogen) atoms. The van der Waals surface area contributed by atoms with Crippen LogP contribution in [0.15, 0.2) is 34.6 Å². The van der Waals surface area contributed by atoms with Crippen LogP contribution in [0.2, 0.25) is 0 Å². The topological polar surface area (TPSA) is 88.0 Å². The van der Waals surface area contributed by atoms with E-state index < -0.39 is 11.5 Å². The molecule has 0 aliphatic carbocycles. The average Bonchev–Trinajstić information content (AvgIpc) is 2.91. The van der Waals surface area contributed by atoms with Gasteiger partial charge in [-0.15, -0.1) is 11.3 Å². The van der Waals surface area contributed by atoms with Gasteiger partial charge in [0.1, 0.15) is 5.56 Å². The highest BCUT2D eigenvalue weighted by Crippen LogP contribution is 2.13. The van der Waals surface area contributed by atoms with Crippen molar-refractivity contribution >= 4 is 17.2 Å². The molecule has 102 valence electrons. The van der Waals surface area contributed by atoms with Gasteiger partial charge in [-0.1, -0.05) is 11.8 Å². The molecule has 2 rings (SSSR count). The van der Waals surface area contributed by atoms with Crippen LogP contribution in [0.4, 0.5) is 0 Å². The fourth-order valence-corrected chi connectivity index (χ4v) is 2.31. The number of pyridine rings is 1. The first-order valence-corrected chi connectivity index (χ1v) is 6.81. The van der Waals surface area contributed by atoms with Crippen molar-refractivity contribution in [1.29, 1.82) is 0 Å². The normalized spacial score (nSPS) is 9.65. The number of carbonyl (C=O) groups excluding carboxylic acids is 1. The van der Waals surface area contributed by atoms with Crippen LogP contribution in [0.25, 0.3) is 0 Å². The fraction of sp³-hybridized carbons (Fsp3) is 0.143. The highest BCUT2D eigenvalue weighted by atomic mass is 32.1. The Bertz CT molecular complexity index is 722. The third kappa shape index (κ3) is 3.57. The lowest BCUT2D eigenvalue weighted by molar-refractivity contribution is 0.0950. The summed E-state index contributed by atoms with van der Waals surface area (Å²) in [6.07, 6.45) is 1.49. The van der Waals surface area contributed by atoms with Gasteiger partial charge in [0.25, 0.3) is 11.5 Å². The molecule has 0 bridgehead atoms. The molecule has 0 unspecified atom stereocenters. The standard InChI is InChI=1S/C14H13N3O2S/c15-5-1-3-10-7-11(20-9-10)8-17-14(19)12-4-2-6-16-13(12)18/h2,4,6-7,9H,5,8,15H2,(H,16,18)(H,17,19). The minimum atomic E-state index is -0.398. The number of hydrogen-bond acceptors (Lipinski definition) is 4. The second kappa shape index (κ2) is 6.70. The summed E-state index contributed by atoms with van der Waals surface area (Å²) >= 11 is 1.50. The summed E-state index contributed by atoms with van der Waals surface area (Å²) in [4.78, 5) is 26.7. The number of carbonyl (C=O) groups is 1. The van der Waals surface area contributed by atoms with E-state index in [1.54, 1.807) is 6.07 Å². The van der Waals surface area contributed by atoms with E-state index in [9.17, 15) is 9.59 Å². The summed E-state index contributed by atoms with van der Waals surface area (Å²) in [6.45, 7) is 0.681. The first kappa shape index (κ1) is 14.1. The van der Waals surface area contributed by atoms with E-state index in [4.69, 9.17) is 5.73 Å². The van der Waals surface area contributed by atoms with Crippen molar-refractivity contribution in [1.82, 2.24) is 10.3 Å². The Hall–Kier alpha value is -2.36. The van der Waals surface area contributed by atoms with Crippen LogP contribution in [0.1, 0.15) is 20.8 Å². The van der Waals surface area contributed by atoms with E-state index in [0.717, 1.165) is 10.4 Å². The maximum absolute atomic E-state index is 11.8. The number of thiophene rings is 1. The lowest BCUT2D eigenvalue weighted by Crippen LogP contribution is -2.28. The molecule has 0 spiro atoms. The Labute approximate surface area is 119 Å². The van der Waals surface area contributed by atoms with Gasteiger partial charge in [0.2, 0.25) is 0 Å². The number of aromatic nitrogens is 1. The first-order valence-electron chi connectivity index (χ1n) is 5.93. The third-order valence-electron chi connectivity index (χ3n) is 2.47. The van der Waals surface area contributed by atoms with Crippen LogP contribution in [0.3, 0.4) is 0 Å². The zero-order valence-electron chi connectivity index (χ0n) is 10.6. The van der Waals surface area contributed by atoms with Gasteiger partial charge in [0.15, 0.2) is 0 Å². The average molecular weight is 287 g/mol. The lowest BCUT2D eigenvalue weighted by atomic mass is 10.2. The predicted octanol–water partition coefficient (Wildman–Crippen LogP) is 0.677. The zero-order chi connectivity index (χ0) is 14.4. The van der Waals surface area contributed by atoms with Crippen molar-refractivity contribution in [3.63, 3.8) is 0 Å². The van der Waals surface area contributed by atoms with Crippen molar-refractivity contribution < 1.29 is 4.79 Å². The van der Waals surface area contributed by atoms with E-state index in [0.29, 0.717) is 13.1 Å². The van der Waals surface area contributed by atoms with Crippen molar-refractivity contribution in [2.24, 2.45) is 5.73 Å². The second-order valence-electron chi connectivity index (χ2n) is 3.90. The van der Waals surface area contributed by atoms with E-state index in [1.165, 1.54) is 23.6 Å². The van der Waals surface area contributed by atoms with Crippen LogP contribution >= 0.6 is 11.3 Å². The molecule has 2 aromatic rings. The van der Waals surface area contributed by atoms with Gasteiger partial charge in [-0.25, -0.2) is 0 Å². The molecule has 2 heterocycles. The molecule has 0 fully saturated rings. The second-order valence-corrected chi connectivity index (χ2v) is 4.90. The molecule has 4 N–H and O–H groups in total. The maximum atomic E-state index is 11.8. The van der Waals surface area contributed by atoms with Crippen molar-refractivity contribution in [3.05, 3.63) is 56.1 Å². The van der Waals surface area contributed by atoms with Crippen LogP contribution in [-0.4, -0.2) is 17.4 Å². The number of nitrogens with one attached hydrogen (secondary N) is 2. The van der Waals surface area contributed by atoms with E-state index in [2.05, 4.69) is 22.1 Å². The summed E-state index contributed by atoms with van der Waals surface area (Å²) < 4.78 is 0. The quantitative estimate of drug-likeness (QED) is 0.725. The molecular formula is C14H13N3O2S. The fourth-order valence-electron chi connectivity index (χ4n) is 1.55. The van der Waals surface area contributed by atoms with Crippen LogP contribution in [0.5, 0.6) is 0 Å². The summed E-state index contributed by atoms with van der Waals surface area (Å²) in [7, 11) is 0. The minimum absolute atomic E-state index is 0.104. The number of nitrogens with two attached hydrogens (primary N) is 1. The number of aromatic amines is 1. The van der Waals surface area contributed by atoms with Crippen LogP contribution < -0.4 is 16.6 Å². The molecule has 0 saturated carbocycles. The number of rotatable bonds is 3. The number of amides is 1. The van der Waals surface area contributed by atoms with Crippen molar-refractivity contribution in [3.8, 4) is 11.8 Å². The summed E-state index contributed by atoms with van der Waals surface area (Å²) in [5.41, 5.74) is 5.88. The molecule has 0 saturated heterocycles. The van der Waals surface area contributed by atoms with Gasteiger partial charge in [0, 0.05) is 22.0 Å². The molecule has 0 aliphatic heterocycles. The highest BCUT2D eigenvalue weighted by molar-refractivity contribution is 7.10. The molecule has 0 aromatic carbocycles. The SMILES string of the molecule is NCC#Cc1csc(CNC(=O)c2ccc[nH]c2=O)c1. The van der Waals surface area contributed by atoms with Gasteiger partial charge in [-0.3, -0.25) is 9.59 Å². The smallest absolute Gasteiger partial charge is 0.260 e. The number of H-pyrrole nitrogens is 1. The Balaban J connectivity index is 1.99. The zero-order valence-corrected chi connectivity index (χ0v) is 11.4. The molecular weight excluding hydrogens is 274 g/mol.